The van der Waals surface area contributed by atoms with Crippen LogP contribution in [0.4, 0.5) is 16.2 Å². The number of rotatable bonds is 5. The van der Waals surface area contributed by atoms with Gasteiger partial charge in [-0.15, -0.1) is 0 Å². The lowest BCUT2D eigenvalue weighted by Gasteiger charge is -2.19. The number of nitrogens with zero attached hydrogens (tertiary/aromatic N) is 2. The average molecular weight is 353 g/mol. The molecule has 1 aliphatic heterocycles. The molecule has 6 heteroatoms. The highest BCUT2D eigenvalue weighted by molar-refractivity contribution is 5.99. The van der Waals surface area contributed by atoms with Gasteiger partial charge in [0.2, 0.25) is 5.91 Å². The minimum absolute atomic E-state index is 0.0402. The molecule has 136 valence electrons. The van der Waals surface area contributed by atoms with Gasteiger partial charge in [-0.3, -0.25) is 9.69 Å². The summed E-state index contributed by atoms with van der Waals surface area (Å²) in [5.41, 5.74) is 3.73. The largest absolute Gasteiger partial charge is 0.497 e. The van der Waals surface area contributed by atoms with E-state index in [0.29, 0.717) is 13.1 Å². The molecule has 0 unspecified atom stereocenters. The van der Waals surface area contributed by atoms with Crippen LogP contribution in [0, 0.1) is 13.8 Å². The normalized spacial score (nSPS) is 13.9. The summed E-state index contributed by atoms with van der Waals surface area (Å²) in [6, 6.07) is 13.0. The number of hydrogen-bond donors (Lipinski definition) is 1. The highest BCUT2D eigenvalue weighted by atomic mass is 16.5. The van der Waals surface area contributed by atoms with E-state index in [9.17, 15) is 9.59 Å². The van der Waals surface area contributed by atoms with Gasteiger partial charge in [0.1, 0.15) is 12.3 Å². The maximum Gasteiger partial charge on any atom is 0.325 e. The SMILES string of the molecule is COc1ccc(N2CCN(CC(=O)Nc3cc(C)cc(C)c3)C2=O)cc1. The van der Waals surface area contributed by atoms with Crippen molar-refractivity contribution in [3.8, 4) is 5.75 Å². The van der Waals surface area contributed by atoms with Gasteiger partial charge in [0.05, 0.1) is 7.11 Å². The number of amides is 3. The van der Waals surface area contributed by atoms with E-state index in [1.54, 1.807) is 16.9 Å². The minimum atomic E-state index is -0.195. The van der Waals surface area contributed by atoms with E-state index in [4.69, 9.17) is 4.74 Å². The monoisotopic (exact) mass is 353 g/mol. The summed E-state index contributed by atoms with van der Waals surface area (Å²) in [5.74, 6) is 0.546. The van der Waals surface area contributed by atoms with Crippen molar-refractivity contribution in [2.45, 2.75) is 13.8 Å². The number of carbonyl (C=O) groups is 2. The molecule has 1 heterocycles. The lowest BCUT2D eigenvalue weighted by atomic mass is 10.1. The second kappa shape index (κ2) is 7.47. The van der Waals surface area contributed by atoms with Crippen LogP contribution >= 0.6 is 0 Å². The standard InChI is InChI=1S/C20H23N3O3/c1-14-10-15(2)12-16(11-14)21-19(24)13-22-8-9-23(20(22)25)17-4-6-18(26-3)7-5-17/h4-7,10-12H,8-9,13H2,1-3H3,(H,21,24). The van der Waals surface area contributed by atoms with Crippen LogP contribution in [0.5, 0.6) is 5.75 Å². The lowest BCUT2D eigenvalue weighted by molar-refractivity contribution is -0.116. The van der Waals surface area contributed by atoms with Crippen molar-refractivity contribution < 1.29 is 14.3 Å². The summed E-state index contributed by atoms with van der Waals surface area (Å²) in [5, 5.41) is 2.87. The molecule has 0 saturated carbocycles. The molecule has 6 nitrogen and oxygen atoms in total. The first kappa shape index (κ1) is 17.8. The molecule has 0 bridgehead atoms. The highest BCUT2D eigenvalue weighted by Gasteiger charge is 2.30. The van der Waals surface area contributed by atoms with Gasteiger partial charge in [0, 0.05) is 24.5 Å². The van der Waals surface area contributed by atoms with Gasteiger partial charge in [-0.2, -0.15) is 0 Å². The third-order valence-electron chi connectivity index (χ3n) is 4.32. The molecule has 0 radical (unpaired) electrons. The Bertz CT molecular complexity index is 797. The van der Waals surface area contributed by atoms with Crippen molar-refractivity contribution in [3.05, 3.63) is 53.6 Å². The number of urea groups is 1. The van der Waals surface area contributed by atoms with Crippen LogP contribution < -0.4 is 15.0 Å². The molecule has 2 aromatic rings. The molecule has 1 saturated heterocycles. The summed E-state index contributed by atoms with van der Waals surface area (Å²) in [4.78, 5) is 28.1. The van der Waals surface area contributed by atoms with Gasteiger partial charge in [0.15, 0.2) is 0 Å². The fourth-order valence-corrected chi connectivity index (χ4v) is 3.15. The topological polar surface area (TPSA) is 61.9 Å². The molecule has 1 N–H and O–H groups in total. The highest BCUT2D eigenvalue weighted by Crippen LogP contribution is 2.23. The van der Waals surface area contributed by atoms with Gasteiger partial charge in [0.25, 0.3) is 0 Å². The molecule has 3 amide bonds. The average Bonchev–Trinajstić information content (AvgIpc) is 2.94. The molecule has 0 aromatic heterocycles. The maximum absolute atomic E-state index is 12.6. The van der Waals surface area contributed by atoms with E-state index in [2.05, 4.69) is 5.32 Å². The van der Waals surface area contributed by atoms with Crippen molar-refractivity contribution in [2.75, 3.05) is 37.0 Å². The molecular formula is C20H23N3O3. The summed E-state index contributed by atoms with van der Waals surface area (Å²) in [6.45, 7) is 5.09. The van der Waals surface area contributed by atoms with Crippen LogP contribution in [-0.4, -0.2) is 43.6 Å². The van der Waals surface area contributed by atoms with Crippen LogP contribution in [0.1, 0.15) is 11.1 Å². The van der Waals surface area contributed by atoms with Gasteiger partial charge < -0.3 is 15.0 Å². The second-order valence-corrected chi connectivity index (χ2v) is 6.48. The maximum atomic E-state index is 12.6. The molecule has 3 rings (SSSR count). The number of ether oxygens (including phenoxy) is 1. The first-order valence-corrected chi connectivity index (χ1v) is 8.55. The Morgan fingerprint density at radius 3 is 2.35 bits per heavy atom. The molecule has 26 heavy (non-hydrogen) atoms. The first-order valence-electron chi connectivity index (χ1n) is 8.55. The Labute approximate surface area is 153 Å². The number of benzene rings is 2. The van der Waals surface area contributed by atoms with Crippen LogP contribution in [0.25, 0.3) is 0 Å². The Balaban J connectivity index is 1.61. The zero-order valence-electron chi connectivity index (χ0n) is 15.3. The lowest BCUT2D eigenvalue weighted by Crippen LogP contribution is -2.37. The predicted molar refractivity (Wildman–Crippen MR) is 102 cm³/mol. The summed E-state index contributed by atoms with van der Waals surface area (Å²) in [7, 11) is 1.60. The first-order chi connectivity index (χ1) is 12.5. The van der Waals surface area contributed by atoms with Gasteiger partial charge in [-0.25, -0.2) is 4.79 Å². The van der Waals surface area contributed by atoms with Crippen LogP contribution in [-0.2, 0) is 4.79 Å². The van der Waals surface area contributed by atoms with Crippen molar-refractivity contribution in [1.29, 1.82) is 0 Å². The summed E-state index contributed by atoms with van der Waals surface area (Å²) < 4.78 is 5.14. The Morgan fingerprint density at radius 2 is 1.73 bits per heavy atom. The number of methoxy groups -OCH3 is 1. The van der Waals surface area contributed by atoms with Crippen molar-refractivity contribution in [3.63, 3.8) is 0 Å². The summed E-state index contributed by atoms with van der Waals surface area (Å²) >= 11 is 0. The van der Waals surface area contributed by atoms with Crippen LogP contribution in [0.3, 0.4) is 0 Å². The molecule has 0 spiro atoms. The van der Waals surface area contributed by atoms with Crippen molar-refractivity contribution >= 4 is 23.3 Å². The van der Waals surface area contributed by atoms with Crippen molar-refractivity contribution in [1.82, 2.24) is 4.90 Å². The quantitative estimate of drug-likeness (QED) is 0.898. The Morgan fingerprint density at radius 1 is 1.08 bits per heavy atom. The molecule has 2 aromatic carbocycles. The fraction of sp³-hybridized carbons (Fsp3) is 0.300. The van der Waals surface area contributed by atoms with E-state index in [1.165, 1.54) is 0 Å². The molecule has 0 aliphatic carbocycles. The Hall–Kier alpha value is -3.02. The van der Waals surface area contributed by atoms with Crippen LogP contribution in [0.15, 0.2) is 42.5 Å². The predicted octanol–water partition coefficient (Wildman–Crippen LogP) is 3.19. The molecule has 1 aliphatic rings. The van der Waals surface area contributed by atoms with E-state index in [0.717, 1.165) is 28.3 Å². The number of nitrogens with one attached hydrogen (secondary N) is 1. The van der Waals surface area contributed by atoms with Crippen LogP contribution in [0.2, 0.25) is 0 Å². The number of carbonyl (C=O) groups excluding carboxylic acids is 2. The van der Waals surface area contributed by atoms with E-state index in [1.807, 2.05) is 56.3 Å². The molecular weight excluding hydrogens is 330 g/mol. The number of anilines is 2. The van der Waals surface area contributed by atoms with Gasteiger partial charge in [-0.05, 0) is 61.4 Å². The number of aryl methyl sites for hydroxylation is 2. The van der Waals surface area contributed by atoms with E-state index >= 15 is 0 Å². The zero-order valence-corrected chi connectivity index (χ0v) is 15.3. The Kier molecular flexibility index (Phi) is 5.11. The van der Waals surface area contributed by atoms with E-state index in [-0.39, 0.29) is 18.5 Å². The number of hydrogen-bond acceptors (Lipinski definition) is 3. The fourth-order valence-electron chi connectivity index (χ4n) is 3.15. The smallest absolute Gasteiger partial charge is 0.325 e. The summed E-state index contributed by atoms with van der Waals surface area (Å²) in [6.07, 6.45) is 0. The minimum Gasteiger partial charge on any atom is -0.497 e. The molecule has 0 atom stereocenters. The van der Waals surface area contributed by atoms with Gasteiger partial charge in [-0.1, -0.05) is 6.07 Å². The molecule has 1 fully saturated rings. The second-order valence-electron chi connectivity index (χ2n) is 6.48. The van der Waals surface area contributed by atoms with Gasteiger partial charge >= 0.3 is 6.03 Å². The third kappa shape index (κ3) is 3.96. The van der Waals surface area contributed by atoms with Crippen molar-refractivity contribution in [2.24, 2.45) is 0 Å². The van der Waals surface area contributed by atoms with E-state index < -0.39 is 0 Å². The zero-order chi connectivity index (χ0) is 18.7. The third-order valence-corrected chi connectivity index (χ3v) is 4.32.